The minimum Gasteiger partial charge on any atom is -0.353 e. The summed E-state index contributed by atoms with van der Waals surface area (Å²) in [4.78, 5) is 13.2. The van der Waals surface area contributed by atoms with Gasteiger partial charge in [-0.3, -0.25) is 4.79 Å². The summed E-state index contributed by atoms with van der Waals surface area (Å²) in [5.41, 5.74) is -1.01. The van der Waals surface area contributed by atoms with Crippen LogP contribution in [0.25, 0.3) is 0 Å². The molecule has 1 heterocycles. The number of hydrogen-bond acceptors (Lipinski definition) is 3. The van der Waals surface area contributed by atoms with Crippen molar-refractivity contribution in [3.05, 3.63) is 12.7 Å². The van der Waals surface area contributed by atoms with E-state index in [1.54, 1.807) is 0 Å². The zero-order valence-electron chi connectivity index (χ0n) is 15.2. The third-order valence-corrected chi connectivity index (χ3v) is 7.05. The van der Waals surface area contributed by atoms with E-state index in [-0.39, 0.29) is 23.0 Å². The summed E-state index contributed by atoms with van der Waals surface area (Å²) >= 11 is 0. The van der Waals surface area contributed by atoms with Crippen LogP contribution in [0.1, 0.15) is 66.2 Å². The maximum atomic E-state index is 13.2. The second-order valence-corrected chi connectivity index (χ2v) is 8.79. The second kappa shape index (κ2) is 5.70. The highest BCUT2D eigenvalue weighted by molar-refractivity contribution is 5.92. The molecule has 5 unspecified atom stereocenters. The van der Waals surface area contributed by atoms with Crippen molar-refractivity contribution in [2.75, 3.05) is 6.61 Å². The molecule has 23 heavy (non-hydrogen) atoms. The van der Waals surface area contributed by atoms with E-state index in [9.17, 15) is 4.79 Å². The van der Waals surface area contributed by atoms with Crippen molar-refractivity contribution >= 4 is 5.78 Å². The van der Waals surface area contributed by atoms with Gasteiger partial charge in [-0.1, -0.05) is 26.8 Å². The highest BCUT2D eigenvalue weighted by atomic mass is 16.7. The largest absolute Gasteiger partial charge is 0.353 e. The number of carbonyl (C=O) groups is 1. The molecule has 4 rings (SSSR count). The Bertz CT molecular complexity index is 491. The fraction of sp³-hybridized carbons (Fsp3) is 0.850. The molecular formula is C20H32O3. The van der Waals surface area contributed by atoms with Gasteiger partial charge >= 0.3 is 0 Å². The van der Waals surface area contributed by atoms with Crippen molar-refractivity contribution in [2.45, 2.75) is 78.1 Å². The average molecular weight is 320 g/mol. The van der Waals surface area contributed by atoms with Gasteiger partial charge in [0.2, 0.25) is 0 Å². The Morgan fingerprint density at radius 1 is 1.30 bits per heavy atom. The molecule has 0 spiro atoms. The smallest absolute Gasteiger partial charge is 0.158 e. The molecule has 0 aromatic carbocycles. The predicted octanol–water partition coefficient (Wildman–Crippen LogP) is 4.51. The lowest BCUT2D eigenvalue weighted by Gasteiger charge is -2.60. The van der Waals surface area contributed by atoms with Gasteiger partial charge in [-0.2, -0.15) is 0 Å². The Kier molecular flexibility index (Phi) is 4.25. The first-order valence-corrected chi connectivity index (χ1v) is 9.22. The van der Waals surface area contributed by atoms with Crippen LogP contribution in [0.4, 0.5) is 0 Å². The van der Waals surface area contributed by atoms with Crippen LogP contribution in [0, 0.1) is 22.7 Å². The molecule has 3 nitrogen and oxygen atoms in total. The Hall–Kier alpha value is -0.670. The molecule has 0 N–H and O–H groups in total. The van der Waals surface area contributed by atoms with Crippen LogP contribution in [-0.4, -0.2) is 24.3 Å². The summed E-state index contributed by atoms with van der Waals surface area (Å²) < 4.78 is 12.2. The molecule has 3 heteroatoms. The van der Waals surface area contributed by atoms with Gasteiger partial charge in [0.15, 0.2) is 6.29 Å². The van der Waals surface area contributed by atoms with Gasteiger partial charge in [0.1, 0.15) is 5.78 Å². The highest BCUT2D eigenvalue weighted by Gasteiger charge is 2.63. The van der Waals surface area contributed by atoms with Crippen LogP contribution in [0.3, 0.4) is 0 Å². The van der Waals surface area contributed by atoms with E-state index >= 15 is 0 Å². The first-order valence-electron chi connectivity index (χ1n) is 9.22. The molecule has 130 valence electrons. The summed E-state index contributed by atoms with van der Waals surface area (Å²) in [5, 5.41) is 0. The first-order chi connectivity index (χ1) is 10.7. The summed E-state index contributed by atoms with van der Waals surface area (Å²) in [6, 6.07) is 0. The molecule has 0 radical (unpaired) electrons. The van der Waals surface area contributed by atoms with Crippen molar-refractivity contribution in [3.8, 4) is 0 Å². The van der Waals surface area contributed by atoms with Gasteiger partial charge in [0.25, 0.3) is 0 Å². The van der Waals surface area contributed by atoms with E-state index in [4.69, 9.17) is 9.47 Å². The fourth-order valence-corrected chi connectivity index (χ4v) is 5.39. The Morgan fingerprint density at radius 2 is 2.04 bits per heavy atom. The molecule has 3 aliphatic carbocycles. The number of fused-ring (bicyclic) bond motifs is 3. The van der Waals surface area contributed by atoms with Crippen LogP contribution in [0.15, 0.2) is 12.7 Å². The summed E-state index contributed by atoms with van der Waals surface area (Å²) in [5.74, 6) is 1.06. The van der Waals surface area contributed by atoms with E-state index in [1.807, 2.05) is 6.08 Å². The van der Waals surface area contributed by atoms with Crippen molar-refractivity contribution in [1.82, 2.24) is 0 Å². The zero-order valence-corrected chi connectivity index (χ0v) is 15.2. The summed E-state index contributed by atoms with van der Waals surface area (Å²) in [6.07, 6.45) is 8.14. The second-order valence-electron chi connectivity index (χ2n) is 8.79. The summed E-state index contributed by atoms with van der Waals surface area (Å²) in [6.45, 7) is 13.4. The topological polar surface area (TPSA) is 35.5 Å². The fourth-order valence-electron chi connectivity index (χ4n) is 5.39. The lowest BCUT2D eigenvalue weighted by atomic mass is 9.44. The molecule has 3 saturated carbocycles. The van der Waals surface area contributed by atoms with Crippen molar-refractivity contribution in [3.63, 3.8) is 0 Å². The predicted molar refractivity (Wildman–Crippen MR) is 91.0 cm³/mol. The van der Waals surface area contributed by atoms with Crippen molar-refractivity contribution in [2.24, 2.45) is 22.7 Å². The highest BCUT2D eigenvalue weighted by Crippen LogP contribution is 2.61. The Labute approximate surface area is 140 Å². The van der Waals surface area contributed by atoms with E-state index < -0.39 is 5.60 Å². The van der Waals surface area contributed by atoms with E-state index in [1.165, 1.54) is 0 Å². The van der Waals surface area contributed by atoms with Crippen molar-refractivity contribution in [1.29, 1.82) is 0 Å². The van der Waals surface area contributed by atoms with Crippen LogP contribution < -0.4 is 0 Å². The molecule has 1 aliphatic heterocycles. The number of Topliss-reactive ketones (excluding diaryl/α,β-unsaturated/α-hetero) is 1. The molecule has 2 bridgehead atoms. The third-order valence-electron chi connectivity index (χ3n) is 7.05. The van der Waals surface area contributed by atoms with Gasteiger partial charge in [-0.15, -0.1) is 6.58 Å². The van der Waals surface area contributed by atoms with E-state index in [2.05, 4.69) is 34.3 Å². The SMILES string of the molecule is C=CC(C)(OC1CCCCO1)C1CC2CCC1(C)C(=O)C2(C)C. The number of ketones is 1. The van der Waals surface area contributed by atoms with Gasteiger partial charge in [0.05, 0.1) is 5.60 Å². The molecule has 4 fully saturated rings. The summed E-state index contributed by atoms with van der Waals surface area (Å²) in [7, 11) is 0. The molecular weight excluding hydrogens is 288 g/mol. The number of carbonyl (C=O) groups excluding carboxylic acids is 1. The van der Waals surface area contributed by atoms with E-state index in [0.717, 1.165) is 45.1 Å². The normalized spacial score (nSPS) is 42.3. The first kappa shape index (κ1) is 17.2. The Balaban J connectivity index is 1.86. The number of hydrogen-bond donors (Lipinski definition) is 0. The van der Waals surface area contributed by atoms with Gasteiger partial charge in [-0.05, 0) is 51.4 Å². The standard InChI is InChI=1S/C20H32O3/c1-6-20(5,23-16-9-7-8-12-22-16)15-13-14-10-11-19(15,4)17(21)18(14,2)3/h6,14-16H,1,7-13H2,2-5H3. The van der Waals surface area contributed by atoms with Crippen molar-refractivity contribution < 1.29 is 14.3 Å². The quantitative estimate of drug-likeness (QED) is 0.715. The monoisotopic (exact) mass is 320 g/mol. The molecule has 4 aliphatic rings. The Morgan fingerprint density at radius 3 is 2.65 bits per heavy atom. The van der Waals surface area contributed by atoms with Crippen LogP contribution in [0.5, 0.6) is 0 Å². The van der Waals surface area contributed by atoms with Gasteiger partial charge in [0, 0.05) is 23.4 Å². The van der Waals surface area contributed by atoms with Gasteiger partial charge in [-0.25, -0.2) is 0 Å². The number of ether oxygens (including phenoxy) is 2. The molecule has 0 aromatic heterocycles. The zero-order chi connectivity index (χ0) is 16.9. The van der Waals surface area contributed by atoms with Crippen LogP contribution in [0.2, 0.25) is 0 Å². The lowest BCUT2D eigenvalue weighted by molar-refractivity contribution is -0.242. The maximum Gasteiger partial charge on any atom is 0.158 e. The number of rotatable bonds is 4. The molecule has 1 saturated heterocycles. The average Bonchev–Trinajstić information content (AvgIpc) is 2.53. The minimum absolute atomic E-state index is 0.154. The third kappa shape index (κ3) is 2.60. The lowest BCUT2D eigenvalue weighted by Crippen LogP contribution is -2.62. The van der Waals surface area contributed by atoms with Crippen LogP contribution >= 0.6 is 0 Å². The molecule has 0 amide bonds. The minimum atomic E-state index is -0.498. The molecule has 0 aromatic rings. The maximum absolute atomic E-state index is 13.2. The van der Waals surface area contributed by atoms with Crippen LogP contribution in [-0.2, 0) is 14.3 Å². The molecule has 5 atom stereocenters. The van der Waals surface area contributed by atoms with E-state index in [0.29, 0.717) is 11.7 Å². The van der Waals surface area contributed by atoms with Gasteiger partial charge < -0.3 is 9.47 Å².